The number of nitrogens with two attached hydrogens (primary N) is 1. The molecule has 0 aromatic heterocycles. The molecule has 0 aromatic rings. The molecule has 8 N–H and O–H groups in total. The van der Waals surface area contributed by atoms with Crippen LogP contribution in [0.2, 0.25) is 0 Å². The Labute approximate surface area is 136 Å². The standard InChI is InChI=1S/C6H13NO2.C6H11NO.H2O4S.H2O/c7-5-3-1-2-4-6(8)9;8-6-4-2-1-3-5-7-6;1-5(2,3)4;/h1-5,7H2,(H,8,9);1-5H2,(H,7,8);(H2,1,2,3,4);1H2. The maximum absolute atomic E-state index is 10.6. The van der Waals surface area contributed by atoms with Crippen molar-refractivity contribution < 1.29 is 37.7 Å². The van der Waals surface area contributed by atoms with Crippen molar-refractivity contribution in [3.05, 3.63) is 0 Å². The number of hydrogen-bond donors (Lipinski definition) is 5. The van der Waals surface area contributed by atoms with Crippen LogP contribution in [0.15, 0.2) is 0 Å². The predicted molar refractivity (Wildman–Crippen MR) is 84.4 cm³/mol. The molecule has 10 nitrogen and oxygen atoms in total. The van der Waals surface area contributed by atoms with Gasteiger partial charge in [-0.1, -0.05) is 12.8 Å². The van der Waals surface area contributed by atoms with E-state index in [0.29, 0.717) is 6.54 Å². The van der Waals surface area contributed by atoms with Gasteiger partial charge in [0.25, 0.3) is 0 Å². The fourth-order valence-corrected chi connectivity index (χ4v) is 1.50. The third-order valence-electron chi connectivity index (χ3n) is 2.50. The van der Waals surface area contributed by atoms with Gasteiger partial charge in [0.1, 0.15) is 0 Å². The summed E-state index contributed by atoms with van der Waals surface area (Å²) in [6.07, 6.45) is 7.08. The molecule has 1 heterocycles. The minimum Gasteiger partial charge on any atom is -0.481 e. The van der Waals surface area contributed by atoms with Crippen molar-refractivity contribution in [2.75, 3.05) is 13.1 Å². The quantitative estimate of drug-likeness (QED) is 0.327. The molecule has 1 saturated heterocycles. The average molecular weight is 360 g/mol. The molecule has 23 heavy (non-hydrogen) atoms. The van der Waals surface area contributed by atoms with E-state index in [4.69, 9.17) is 28.4 Å². The molecule has 140 valence electrons. The number of unbranched alkanes of at least 4 members (excludes halogenated alkanes) is 2. The van der Waals surface area contributed by atoms with Gasteiger partial charge in [-0.25, -0.2) is 0 Å². The van der Waals surface area contributed by atoms with E-state index in [9.17, 15) is 9.59 Å². The Hall–Kier alpha value is -1.27. The molecule has 1 amide bonds. The Morgan fingerprint density at radius 2 is 1.70 bits per heavy atom. The summed E-state index contributed by atoms with van der Waals surface area (Å²) in [5.74, 6) is -0.491. The van der Waals surface area contributed by atoms with Crippen LogP contribution >= 0.6 is 0 Å². The number of nitrogens with one attached hydrogen (secondary N) is 1. The van der Waals surface area contributed by atoms with Crippen LogP contribution in [0.25, 0.3) is 0 Å². The van der Waals surface area contributed by atoms with Crippen LogP contribution in [-0.4, -0.2) is 53.1 Å². The molecule has 0 atom stereocenters. The van der Waals surface area contributed by atoms with Crippen LogP contribution in [0.4, 0.5) is 0 Å². The first kappa shape index (κ1) is 26.6. The van der Waals surface area contributed by atoms with Gasteiger partial charge in [-0.3, -0.25) is 18.7 Å². The van der Waals surface area contributed by atoms with Crippen molar-refractivity contribution in [2.45, 2.75) is 51.4 Å². The molecule has 0 spiro atoms. The fraction of sp³-hybridized carbons (Fsp3) is 0.833. The molecular weight excluding hydrogens is 332 g/mol. The number of carboxylic acid groups (broad SMARTS) is 1. The van der Waals surface area contributed by atoms with Crippen molar-refractivity contribution in [3.63, 3.8) is 0 Å². The average Bonchev–Trinajstić information content (AvgIpc) is 2.61. The largest absolute Gasteiger partial charge is 0.481 e. The van der Waals surface area contributed by atoms with E-state index in [-0.39, 0.29) is 17.8 Å². The minimum atomic E-state index is -4.67. The van der Waals surface area contributed by atoms with Gasteiger partial charge in [0, 0.05) is 19.4 Å². The Morgan fingerprint density at radius 3 is 2.17 bits per heavy atom. The summed E-state index contributed by atoms with van der Waals surface area (Å²) in [6.45, 7) is 1.55. The third-order valence-corrected chi connectivity index (χ3v) is 2.50. The van der Waals surface area contributed by atoms with Crippen molar-refractivity contribution in [2.24, 2.45) is 5.73 Å². The topological polar surface area (TPSA) is 199 Å². The molecule has 1 rings (SSSR count). The summed E-state index contributed by atoms with van der Waals surface area (Å²) >= 11 is 0. The molecule has 0 saturated carbocycles. The number of hydrogen-bond acceptors (Lipinski definition) is 5. The summed E-state index contributed by atoms with van der Waals surface area (Å²) in [5, 5.41) is 11.0. The summed E-state index contributed by atoms with van der Waals surface area (Å²) in [6, 6.07) is 0. The Bertz CT molecular complexity index is 382. The highest BCUT2D eigenvalue weighted by Gasteiger charge is 2.03. The van der Waals surface area contributed by atoms with E-state index in [1.807, 2.05) is 0 Å². The molecule has 0 aromatic carbocycles. The number of amides is 1. The lowest BCUT2D eigenvalue weighted by Gasteiger charge is -1.93. The highest BCUT2D eigenvalue weighted by Crippen LogP contribution is 2.02. The second-order valence-corrected chi connectivity index (χ2v) is 5.50. The smallest absolute Gasteiger partial charge is 0.394 e. The zero-order chi connectivity index (χ0) is 17.4. The molecule has 1 aliphatic heterocycles. The van der Waals surface area contributed by atoms with E-state index >= 15 is 0 Å². The van der Waals surface area contributed by atoms with Gasteiger partial charge in [0.2, 0.25) is 5.91 Å². The summed E-state index contributed by atoms with van der Waals surface area (Å²) in [7, 11) is -4.67. The van der Waals surface area contributed by atoms with Gasteiger partial charge >= 0.3 is 16.4 Å². The first-order valence-corrected chi connectivity index (χ1v) is 8.45. The first-order valence-electron chi connectivity index (χ1n) is 7.05. The molecule has 0 unspecified atom stereocenters. The summed E-state index contributed by atoms with van der Waals surface area (Å²) < 4.78 is 31.6. The third kappa shape index (κ3) is 38.6. The van der Waals surface area contributed by atoms with Crippen molar-refractivity contribution in [1.29, 1.82) is 0 Å². The summed E-state index contributed by atoms with van der Waals surface area (Å²) in [4.78, 5) is 20.5. The Morgan fingerprint density at radius 1 is 1.13 bits per heavy atom. The molecule has 0 bridgehead atoms. The van der Waals surface area contributed by atoms with Crippen LogP contribution in [0, 0.1) is 0 Å². The number of carbonyl (C=O) groups excluding carboxylic acids is 1. The molecule has 1 aliphatic rings. The van der Waals surface area contributed by atoms with Crippen molar-refractivity contribution >= 4 is 22.3 Å². The minimum absolute atomic E-state index is 0. The number of carboxylic acids is 1. The Balaban J connectivity index is -0.000000265. The highest BCUT2D eigenvalue weighted by molar-refractivity contribution is 7.79. The van der Waals surface area contributed by atoms with Gasteiger partial charge < -0.3 is 21.6 Å². The highest BCUT2D eigenvalue weighted by atomic mass is 32.3. The SMILES string of the molecule is NCCCCCC(=O)O.O.O=C1CCCCCN1.O=S(=O)(O)O. The van der Waals surface area contributed by atoms with Crippen LogP contribution < -0.4 is 11.1 Å². The number of rotatable bonds is 5. The van der Waals surface area contributed by atoms with E-state index in [1.54, 1.807) is 0 Å². The van der Waals surface area contributed by atoms with Crippen molar-refractivity contribution in [1.82, 2.24) is 5.32 Å². The van der Waals surface area contributed by atoms with Crippen LogP contribution in [-0.2, 0) is 20.0 Å². The zero-order valence-electron chi connectivity index (χ0n) is 13.0. The number of carbonyl (C=O) groups is 2. The predicted octanol–water partition coefficient (Wildman–Crippen LogP) is -0.211. The number of aliphatic carboxylic acids is 1. The lowest BCUT2D eigenvalue weighted by Crippen LogP contribution is -2.21. The molecule has 11 heteroatoms. The van der Waals surface area contributed by atoms with Gasteiger partial charge in [-0.05, 0) is 32.2 Å². The lowest BCUT2D eigenvalue weighted by atomic mass is 10.2. The molecular formula is C12H28N2O8S. The normalized spacial score (nSPS) is 13.8. The second-order valence-electron chi connectivity index (χ2n) is 4.60. The molecule has 0 aliphatic carbocycles. The second kappa shape index (κ2) is 17.1. The summed E-state index contributed by atoms with van der Waals surface area (Å²) in [5.41, 5.74) is 5.20. The molecule has 1 fully saturated rings. The van der Waals surface area contributed by atoms with E-state index in [0.717, 1.165) is 45.1 Å². The van der Waals surface area contributed by atoms with E-state index < -0.39 is 16.4 Å². The van der Waals surface area contributed by atoms with Crippen LogP contribution in [0.5, 0.6) is 0 Å². The van der Waals surface area contributed by atoms with Gasteiger partial charge in [0.05, 0.1) is 0 Å². The van der Waals surface area contributed by atoms with Crippen molar-refractivity contribution in [3.8, 4) is 0 Å². The van der Waals surface area contributed by atoms with Gasteiger partial charge in [-0.2, -0.15) is 8.42 Å². The van der Waals surface area contributed by atoms with Gasteiger partial charge in [-0.15, -0.1) is 0 Å². The zero-order valence-corrected chi connectivity index (χ0v) is 13.8. The van der Waals surface area contributed by atoms with E-state index in [1.165, 1.54) is 6.42 Å². The van der Waals surface area contributed by atoms with Gasteiger partial charge in [0.15, 0.2) is 0 Å². The van der Waals surface area contributed by atoms with E-state index in [2.05, 4.69) is 5.32 Å². The van der Waals surface area contributed by atoms with Crippen LogP contribution in [0.1, 0.15) is 51.4 Å². The maximum atomic E-state index is 10.6. The first-order chi connectivity index (χ1) is 10.2. The Kier molecular flexibility index (Phi) is 19.8. The monoisotopic (exact) mass is 360 g/mol. The van der Waals surface area contributed by atoms with Crippen LogP contribution in [0.3, 0.4) is 0 Å². The fourth-order valence-electron chi connectivity index (χ4n) is 1.50. The lowest BCUT2D eigenvalue weighted by molar-refractivity contribution is -0.137. The molecule has 0 radical (unpaired) electrons. The maximum Gasteiger partial charge on any atom is 0.394 e.